The highest BCUT2D eigenvalue weighted by atomic mass is 16.1. The van der Waals surface area contributed by atoms with Crippen molar-refractivity contribution in [1.82, 2.24) is 5.32 Å². The maximum atomic E-state index is 11.5. The SMILES string of the molecule is CC#CCCNC(=O)Cc1ccc(N)cc1. The average molecular weight is 216 g/mol. The molecule has 0 aliphatic heterocycles. The molecule has 0 bridgehead atoms. The molecule has 1 amide bonds. The molecule has 0 atom stereocenters. The van der Waals surface area contributed by atoms with E-state index in [1.807, 2.05) is 12.1 Å². The normalized spacial score (nSPS) is 9.06. The molecular formula is C13H16N2O. The van der Waals surface area contributed by atoms with Crippen molar-refractivity contribution in [2.24, 2.45) is 0 Å². The number of hydrogen-bond acceptors (Lipinski definition) is 2. The summed E-state index contributed by atoms with van der Waals surface area (Å²) in [7, 11) is 0. The minimum absolute atomic E-state index is 0.0164. The van der Waals surface area contributed by atoms with Gasteiger partial charge >= 0.3 is 0 Å². The third kappa shape index (κ3) is 4.52. The quantitative estimate of drug-likeness (QED) is 0.453. The number of carbonyl (C=O) groups excluding carboxylic acids is 1. The Kier molecular flexibility index (Phi) is 4.94. The van der Waals surface area contributed by atoms with Crippen LogP contribution in [0.1, 0.15) is 18.9 Å². The molecule has 3 nitrogen and oxygen atoms in total. The van der Waals surface area contributed by atoms with E-state index in [1.54, 1.807) is 19.1 Å². The fraction of sp³-hybridized carbons (Fsp3) is 0.308. The van der Waals surface area contributed by atoms with E-state index >= 15 is 0 Å². The molecule has 0 fully saturated rings. The summed E-state index contributed by atoms with van der Waals surface area (Å²) in [5, 5.41) is 2.81. The van der Waals surface area contributed by atoms with Crippen LogP contribution >= 0.6 is 0 Å². The first-order valence-electron chi connectivity index (χ1n) is 5.23. The molecule has 0 radical (unpaired) electrons. The zero-order valence-corrected chi connectivity index (χ0v) is 9.42. The fourth-order valence-corrected chi connectivity index (χ4v) is 1.27. The maximum Gasteiger partial charge on any atom is 0.224 e. The minimum Gasteiger partial charge on any atom is -0.399 e. The number of amides is 1. The maximum absolute atomic E-state index is 11.5. The van der Waals surface area contributed by atoms with Crippen molar-refractivity contribution in [2.75, 3.05) is 12.3 Å². The number of benzene rings is 1. The molecule has 1 rings (SSSR count). The lowest BCUT2D eigenvalue weighted by atomic mass is 10.1. The largest absolute Gasteiger partial charge is 0.399 e. The number of hydrogen-bond donors (Lipinski definition) is 2. The van der Waals surface area contributed by atoms with Crippen molar-refractivity contribution < 1.29 is 4.79 Å². The van der Waals surface area contributed by atoms with Gasteiger partial charge in [-0.25, -0.2) is 0 Å². The summed E-state index contributed by atoms with van der Waals surface area (Å²) in [6, 6.07) is 7.32. The summed E-state index contributed by atoms with van der Waals surface area (Å²) in [5.74, 6) is 5.69. The van der Waals surface area contributed by atoms with Crippen LogP contribution in [0.3, 0.4) is 0 Å². The summed E-state index contributed by atoms with van der Waals surface area (Å²) in [4.78, 5) is 11.5. The summed E-state index contributed by atoms with van der Waals surface area (Å²) in [6.45, 7) is 2.39. The molecule has 16 heavy (non-hydrogen) atoms. The first-order chi connectivity index (χ1) is 7.72. The average Bonchev–Trinajstić information content (AvgIpc) is 2.28. The van der Waals surface area contributed by atoms with Gasteiger partial charge in [0.05, 0.1) is 6.42 Å². The van der Waals surface area contributed by atoms with Crippen LogP contribution < -0.4 is 11.1 Å². The van der Waals surface area contributed by atoms with E-state index in [4.69, 9.17) is 5.73 Å². The van der Waals surface area contributed by atoms with Gasteiger partial charge in [-0.05, 0) is 24.6 Å². The van der Waals surface area contributed by atoms with Crippen molar-refractivity contribution in [1.29, 1.82) is 0 Å². The van der Waals surface area contributed by atoms with Crippen LogP contribution in [0.4, 0.5) is 5.69 Å². The predicted octanol–water partition coefficient (Wildman–Crippen LogP) is 1.34. The second-order valence-electron chi connectivity index (χ2n) is 3.45. The Morgan fingerprint density at radius 3 is 2.69 bits per heavy atom. The molecule has 0 aliphatic carbocycles. The molecule has 0 saturated carbocycles. The standard InChI is InChI=1S/C13H16N2O/c1-2-3-4-9-15-13(16)10-11-5-7-12(14)8-6-11/h5-8H,4,9-10,14H2,1H3,(H,15,16). The highest BCUT2D eigenvalue weighted by molar-refractivity contribution is 5.78. The van der Waals surface area contributed by atoms with E-state index in [2.05, 4.69) is 17.2 Å². The number of anilines is 1. The van der Waals surface area contributed by atoms with Gasteiger partial charge in [-0.2, -0.15) is 0 Å². The Hall–Kier alpha value is -1.95. The fourth-order valence-electron chi connectivity index (χ4n) is 1.27. The third-order valence-corrected chi connectivity index (χ3v) is 2.09. The molecular weight excluding hydrogens is 200 g/mol. The number of carbonyl (C=O) groups is 1. The lowest BCUT2D eigenvalue weighted by Gasteiger charge is -2.03. The van der Waals surface area contributed by atoms with Crippen molar-refractivity contribution in [3.63, 3.8) is 0 Å². The Balaban J connectivity index is 2.33. The number of nitrogens with two attached hydrogens (primary N) is 1. The van der Waals surface area contributed by atoms with Crippen LogP contribution in [0.25, 0.3) is 0 Å². The van der Waals surface area contributed by atoms with E-state index in [9.17, 15) is 4.79 Å². The predicted molar refractivity (Wildman–Crippen MR) is 65.6 cm³/mol. The van der Waals surface area contributed by atoms with Crippen LogP contribution in [0.2, 0.25) is 0 Å². The van der Waals surface area contributed by atoms with Crippen LogP contribution in [0.15, 0.2) is 24.3 Å². The molecule has 1 aromatic rings. The third-order valence-electron chi connectivity index (χ3n) is 2.09. The van der Waals surface area contributed by atoms with Crippen LogP contribution in [0, 0.1) is 11.8 Å². The Morgan fingerprint density at radius 1 is 1.38 bits per heavy atom. The van der Waals surface area contributed by atoms with Crippen LogP contribution in [-0.2, 0) is 11.2 Å². The van der Waals surface area contributed by atoms with Crippen LogP contribution in [0.5, 0.6) is 0 Å². The van der Waals surface area contributed by atoms with E-state index in [1.165, 1.54) is 0 Å². The number of nitrogens with one attached hydrogen (secondary N) is 1. The van der Waals surface area contributed by atoms with Gasteiger partial charge in [0, 0.05) is 18.7 Å². The molecule has 0 aliphatic rings. The molecule has 0 unspecified atom stereocenters. The van der Waals surface area contributed by atoms with Crippen molar-refractivity contribution in [2.45, 2.75) is 19.8 Å². The van der Waals surface area contributed by atoms with Gasteiger partial charge in [0.15, 0.2) is 0 Å². The smallest absolute Gasteiger partial charge is 0.224 e. The zero-order chi connectivity index (χ0) is 11.8. The monoisotopic (exact) mass is 216 g/mol. The number of nitrogen functional groups attached to an aromatic ring is 1. The van der Waals surface area contributed by atoms with E-state index in [0.717, 1.165) is 5.56 Å². The lowest BCUT2D eigenvalue weighted by Crippen LogP contribution is -2.25. The molecule has 0 heterocycles. The second kappa shape index (κ2) is 6.52. The summed E-state index contributed by atoms with van der Waals surface area (Å²) in [6.07, 6.45) is 1.09. The van der Waals surface area contributed by atoms with Gasteiger partial charge in [-0.1, -0.05) is 12.1 Å². The summed E-state index contributed by atoms with van der Waals surface area (Å²) < 4.78 is 0. The van der Waals surface area contributed by atoms with Gasteiger partial charge in [-0.15, -0.1) is 11.8 Å². The van der Waals surface area contributed by atoms with E-state index < -0.39 is 0 Å². The molecule has 0 aromatic heterocycles. The first kappa shape index (κ1) is 12.1. The lowest BCUT2D eigenvalue weighted by molar-refractivity contribution is -0.120. The minimum atomic E-state index is 0.0164. The zero-order valence-electron chi connectivity index (χ0n) is 9.42. The molecule has 0 saturated heterocycles. The van der Waals surface area contributed by atoms with Crippen molar-refractivity contribution in [3.8, 4) is 11.8 Å². The first-order valence-corrected chi connectivity index (χ1v) is 5.23. The summed E-state index contributed by atoms with van der Waals surface area (Å²) >= 11 is 0. The number of rotatable bonds is 4. The van der Waals surface area contributed by atoms with Gasteiger partial charge in [-0.3, -0.25) is 4.79 Å². The Bertz CT molecular complexity index is 398. The molecule has 3 heteroatoms. The molecule has 84 valence electrons. The Morgan fingerprint density at radius 2 is 2.06 bits per heavy atom. The van der Waals surface area contributed by atoms with Crippen LogP contribution in [-0.4, -0.2) is 12.5 Å². The van der Waals surface area contributed by atoms with Gasteiger partial charge in [0.25, 0.3) is 0 Å². The van der Waals surface area contributed by atoms with E-state index in [0.29, 0.717) is 25.1 Å². The Labute approximate surface area is 96.0 Å². The topological polar surface area (TPSA) is 55.1 Å². The molecule has 1 aromatic carbocycles. The van der Waals surface area contributed by atoms with Crippen molar-refractivity contribution in [3.05, 3.63) is 29.8 Å². The van der Waals surface area contributed by atoms with E-state index in [-0.39, 0.29) is 5.91 Å². The van der Waals surface area contributed by atoms with Gasteiger partial charge in [0.1, 0.15) is 0 Å². The molecule has 0 spiro atoms. The van der Waals surface area contributed by atoms with Gasteiger partial charge in [0.2, 0.25) is 5.91 Å². The highest BCUT2D eigenvalue weighted by Gasteiger charge is 2.01. The molecule has 3 N–H and O–H groups in total. The van der Waals surface area contributed by atoms with Gasteiger partial charge < -0.3 is 11.1 Å². The highest BCUT2D eigenvalue weighted by Crippen LogP contribution is 2.05. The summed E-state index contributed by atoms with van der Waals surface area (Å²) in [5.41, 5.74) is 7.23. The van der Waals surface area contributed by atoms with Crippen molar-refractivity contribution >= 4 is 11.6 Å². The second-order valence-corrected chi connectivity index (χ2v) is 3.45.